The summed E-state index contributed by atoms with van der Waals surface area (Å²) in [4.78, 5) is 0. The van der Waals surface area contributed by atoms with E-state index in [-0.39, 0.29) is 0 Å². The lowest BCUT2D eigenvalue weighted by molar-refractivity contribution is 0.964. The first-order valence-corrected chi connectivity index (χ1v) is 9.58. The number of hydrogen-bond donors (Lipinski definition) is 0. The molecule has 0 aliphatic rings. The van der Waals surface area contributed by atoms with Crippen molar-refractivity contribution in [1.29, 1.82) is 0 Å². The fourth-order valence-electron chi connectivity index (χ4n) is 2.95. The van der Waals surface area contributed by atoms with Gasteiger partial charge in [-0.3, -0.25) is 0 Å². The second kappa shape index (κ2) is 10.5. The number of rotatable bonds is 0. The van der Waals surface area contributed by atoms with Crippen LogP contribution in [-0.4, -0.2) is 9.13 Å². The average Bonchev–Trinajstić information content (AvgIpc) is 3.19. The van der Waals surface area contributed by atoms with Crippen molar-refractivity contribution in [2.75, 3.05) is 0 Å². The van der Waals surface area contributed by atoms with Gasteiger partial charge in [0.05, 0.1) is 0 Å². The lowest BCUT2D eigenvalue weighted by Gasteiger charge is -1.95. The van der Waals surface area contributed by atoms with Crippen LogP contribution >= 0.6 is 0 Å². The highest BCUT2D eigenvalue weighted by Crippen LogP contribution is 2.18. The van der Waals surface area contributed by atoms with Crippen LogP contribution in [0.25, 0.3) is 21.8 Å². The Kier molecular flexibility index (Phi) is 8.71. The Labute approximate surface area is 159 Å². The Morgan fingerprint density at radius 2 is 1.35 bits per heavy atom. The van der Waals surface area contributed by atoms with E-state index >= 15 is 0 Å². The Hall–Kier alpha value is -2.48. The van der Waals surface area contributed by atoms with Crippen LogP contribution in [-0.2, 0) is 14.1 Å². The van der Waals surface area contributed by atoms with E-state index < -0.39 is 0 Å². The topological polar surface area (TPSA) is 9.86 Å². The van der Waals surface area contributed by atoms with E-state index in [1.807, 2.05) is 27.7 Å². The summed E-state index contributed by atoms with van der Waals surface area (Å²) in [7, 11) is 4.15. The zero-order valence-corrected chi connectivity index (χ0v) is 17.7. The zero-order chi connectivity index (χ0) is 19.7. The minimum absolute atomic E-state index is 1.30. The monoisotopic (exact) mass is 350 g/mol. The number of aryl methyl sites for hydroxylation is 4. The SMILES string of the molecule is CC.CC.Cc1ccc2c(ccn2C)c1.Cc1cn(C)c2ccccc12. The molecule has 26 heavy (non-hydrogen) atoms. The molecule has 2 nitrogen and oxygen atoms in total. The number of aromatic nitrogens is 2. The van der Waals surface area contributed by atoms with Crippen molar-refractivity contribution in [3.05, 3.63) is 72.1 Å². The molecule has 0 N–H and O–H groups in total. The number of para-hydroxylation sites is 1. The van der Waals surface area contributed by atoms with Gasteiger partial charge in [-0.2, -0.15) is 0 Å². The van der Waals surface area contributed by atoms with Crippen molar-refractivity contribution >= 4 is 21.8 Å². The minimum Gasteiger partial charge on any atom is -0.351 e. The molecule has 0 fully saturated rings. The normalized spacial score (nSPS) is 9.54. The maximum atomic E-state index is 2.20. The molecule has 0 atom stereocenters. The Bertz CT molecular complexity index is 890. The van der Waals surface area contributed by atoms with Gasteiger partial charge in [0.2, 0.25) is 0 Å². The van der Waals surface area contributed by atoms with E-state index in [1.54, 1.807) is 0 Å². The van der Waals surface area contributed by atoms with Crippen LogP contribution in [0.5, 0.6) is 0 Å². The molecule has 4 rings (SSSR count). The second-order valence-electron chi connectivity index (χ2n) is 5.93. The van der Waals surface area contributed by atoms with E-state index in [0.29, 0.717) is 0 Å². The standard InChI is InChI=1S/2C10H11N.2C2H6/c1-8-3-4-10-9(7-8)5-6-11(10)2;1-8-7-11(2)10-6-4-3-5-9(8)10;2*1-2/h2*3-7H,1-2H3;2*1-2H3. The molecule has 2 aromatic carbocycles. The lowest BCUT2D eigenvalue weighted by Crippen LogP contribution is -1.82. The molecule has 0 spiro atoms. The molecule has 140 valence electrons. The molecule has 2 heteroatoms. The number of benzene rings is 2. The van der Waals surface area contributed by atoms with Crippen LogP contribution in [0.3, 0.4) is 0 Å². The molecule has 0 saturated heterocycles. The van der Waals surface area contributed by atoms with Gasteiger partial charge < -0.3 is 9.13 Å². The van der Waals surface area contributed by atoms with Gasteiger partial charge in [0, 0.05) is 42.9 Å². The van der Waals surface area contributed by atoms with Gasteiger partial charge in [-0.15, -0.1) is 0 Å². The summed E-state index contributed by atoms with van der Waals surface area (Å²) in [5.41, 5.74) is 5.28. The summed E-state index contributed by atoms with van der Waals surface area (Å²) >= 11 is 0. The van der Waals surface area contributed by atoms with Crippen molar-refractivity contribution in [2.45, 2.75) is 41.5 Å². The number of nitrogens with zero attached hydrogens (tertiary/aromatic N) is 2. The van der Waals surface area contributed by atoms with Gasteiger partial charge >= 0.3 is 0 Å². The molecule has 0 amide bonds. The van der Waals surface area contributed by atoms with Gasteiger partial charge in [0.1, 0.15) is 0 Å². The summed E-state index contributed by atoms with van der Waals surface area (Å²) in [5.74, 6) is 0. The fraction of sp³-hybridized carbons (Fsp3) is 0.333. The van der Waals surface area contributed by atoms with E-state index in [4.69, 9.17) is 0 Å². The highest BCUT2D eigenvalue weighted by atomic mass is 14.9. The molecule has 2 aromatic heterocycles. The quantitative estimate of drug-likeness (QED) is 0.322. The zero-order valence-electron chi connectivity index (χ0n) is 17.7. The van der Waals surface area contributed by atoms with Crippen LogP contribution in [0.15, 0.2) is 60.9 Å². The molecule has 0 saturated carbocycles. The third-order valence-electron chi connectivity index (χ3n) is 4.14. The Morgan fingerprint density at radius 1 is 0.692 bits per heavy atom. The minimum atomic E-state index is 1.30. The predicted molar refractivity (Wildman–Crippen MR) is 118 cm³/mol. The van der Waals surface area contributed by atoms with E-state index in [2.05, 4.69) is 98.0 Å². The summed E-state index contributed by atoms with van der Waals surface area (Å²) in [6, 6.07) is 17.1. The summed E-state index contributed by atoms with van der Waals surface area (Å²) in [6.45, 7) is 12.3. The van der Waals surface area contributed by atoms with E-state index in [9.17, 15) is 0 Å². The molecule has 4 aromatic rings. The van der Waals surface area contributed by atoms with E-state index in [0.717, 1.165) is 0 Å². The largest absolute Gasteiger partial charge is 0.351 e. The van der Waals surface area contributed by atoms with E-state index in [1.165, 1.54) is 32.9 Å². The fourth-order valence-corrected chi connectivity index (χ4v) is 2.95. The highest BCUT2D eigenvalue weighted by molar-refractivity contribution is 5.83. The molecule has 2 heterocycles. The van der Waals surface area contributed by atoms with Crippen molar-refractivity contribution in [2.24, 2.45) is 14.1 Å². The highest BCUT2D eigenvalue weighted by Gasteiger charge is 1.99. The van der Waals surface area contributed by atoms with Crippen LogP contribution in [0, 0.1) is 13.8 Å². The number of hydrogen-bond acceptors (Lipinski definition) is 0. The van der Waals surface area contributed by atoms with Gasteiger partial charge in [-0.25, -0.2) is 0 Å². The molecule has 0 unspecified atom stereocenters. The van der Waals surface area contributed by atoms with Gasteiger partial charge in [0.15, 0.2) is 0 Å². The third kappa shape index (κ3) is 5.01. The molecular weight excluding hydrogens is 316 g/mol. The molecular formula is C24H34N2. The molecule has 0 bridgehead atoms. The van der Waals surface area contributed by atoms with Gasteiger partial charge in [-0.05, 0) is 49.1 Å². The predicted octanol–water partition coefficient (Wildman–Crippen LogP) is 7.03. The summed E-state index contributed by atoms with van der Waals surface area (Å²) in [5, 5.41) is 2.68. The van der Waals surface area contributed by atoms with Gasteiger partial charge in [0.25, 0.3) is 0 Å². The second-order valence-corrected chi connectivity index (χ2v) is 5.93. The molecule has 0 aliphatic heterocycles. The maximum Gasteiger partial charge on any atom is 0.0480 e. The van der Waals surface area contributed by atoms with Crippen molar-refractivity contribution in [3.63, 3.8) is 0 Å². The average molecular weight is 351 g/mol. The summed E-state index contributed by atoms with van der Waals surface area (Å²) in [6.07, 6.45) is 4.24. The van der Waals surface area contributed by atoms with Crippen LogP contribution in [0.2, 0.25) is 0 Å². The smallest absolute Gasteiger partial charge is 0.0480 e. The first kappa shape index (κ1) is 21.6. The first-order chi connectivity index (χ1) is 12.6. The number of fused-ring (bicyclic) bond motifs is 2. The Balaban J connectivity index is 0.000000219. The maximum absolute atomic E-state index is 2.20. The Morgan fingerprint density at radius 3 is 2.00 bits per heavy atom. The van der Waals surface area contributed by atoms with Crippen LogP contribution in [0.4, 0.5) is 0 Å². The first-order valence-electron chi connectivity index (χ1n) is 9.58. The van der Waals surface area contributed by atoms with Gasteiger partial charge in [-0.1, -0.05) is 57.5 Å². The summed E-state index contributed by atoms with van der Waals surface area (Å²) < 4.78 is 4.29. The van der Waals surface area contributed by atoms with Crippen LogP contribution < -0.4 is 0 Å². The van der Waals surface area contributed by atoms with Crippen molar-refractivity contribution < 1.29 is 0 Å². The molecule has 0 radical (unpaired) electrons. The molecule has 0 aliphatic carbocycles. The lowest BCUT2D eigenvalue weighted by atomic mass is 10.2. The van der Waals surface area contributed by atoms with Crippen molar-refractivity contribution in [3.8, 4) is 0 Å². The van der Waals surface area contributed by atoms with Crippen molar-refractivity contribution in [1.82, 2.24) is 9.13 Å². The van der Waals surface area contributed by atoms with Crippen LogP contribution in [0.1, 0.15) is 38.8 Å². The third-order valence-corrected chi connectivity index (χ3v) is 4.14.